The zero-order chi connectivity index (χ0) is 13.7. The molecule has 0 atom stereocenters. The fourth-order valence-corrected chi connectivity index (χ4v) is 2.46. The van der Waals surface area contributed by atoms with Crippen LogP contribution in [-0.2, 0) is 4.74 Å². The van der Waals surface area contributed by atoms with E-state index in [1.807, 2.05) is 37.3 Å². The molecule has 0 N–H and O–H groups in total. The highest BCUT2D eigenvalue weighted by Gasteiger charge is 2.23. The minimum Gasteiger partial charge on any atom is -0.448 e. The molecule has 0 spiro atoms. The smallest absolute Gasteiger partial charge is 0.429 e. The fraction of sp³-hybridized carbons (Fsp3) is 0.385. The summed E-state index contributed by atoms with van der Waals surface area (Å²) in [4.78, 5) is 11.7. The first kappa shape index (κ1) is 13.7. The number of carbonyl (C=O) groups is 1. The molecule has 0 aromatic heterocycles. The minimum absolute atomic E-state index is 0.375. The maximum Gasteiger partial charge on any atom is 0.429 e. The van der Waals surface area contributed by atoms with E-state index in [4.69, 9.17) is 4.74 Å². The number of carbonyl (C=O) groups excluding carboxylic acids is 1. The van der Waals surface area contributed by atoms with Crippen LogP contribution in [0.15, 0.2) is 35.4 Å². The van der Waals surface area contributed by atoms with Crippen molar-refractivity contribution in [1.29, 1.82) is 0 Å². The standard InChI is InChI=1S/C13H17N3O2S/c1-3-9-18-13(17)15(2)16-10-19-12(14-16)11-7-5-4-6-8-11/h4-8H,3,9-10H2,1-2H3. The Morgan fingerprint density at radius 2 is 2.21 bits per heavy atom. The van der Waals surface area contributed by atoms with Gasteiger partial charge < -0.3 is 4.74 Å². The number of nitrogens with zero attached hydrogens (tertiary/aromatic N) is 3. The van der Waals surface area contributed by atoms with Crippen molar-refractivity contribution in [2.24, 2.45) is 5.10 Å². The summed E-state index contributed by atoms with van der Waals surface area (Å²) in [6.07, 6.45) is 0.438. The lowest BCUT2D eigenvalue weighted by Gasteiger charge is -2.24. The Hall–Kier alpha value is -1.69. The van der Waals surface area contributed by atoms with Crippen LogP contribution in [0.4, 0.5) is 4.79 Å². The summed E-state index contributed by atoms with van der Waals surface area (Å²) < 4.78 is 5.07. The van der Waals surface area contributed by atoms with Gasteiger partial charge in [0, 0.05) is 12.6 Å². The SMILES string of the molecule is CCCOC(=O)N(C)N1CSC(c2ccccc2)=N1. The van der Waals surface area contributed by atoms with Gasteiger partial charge in [0.25, 0.3) is 0 Å². The van der Waals surface area contributed by atoms with Crippen LogP contribution in [0.1, 0.15) is 18.9 Å². The molecular formula is C13H17N3O2S. The van der Waals surface area contributed by atoms with Crippen LogP contribution in [-0.4, -0.2) is 40.8 Å². The summed E-state index contributed by atoms with van der Waals surface area (Å²) in [5.41, 5.74) is 1.06. The normalized spacial score (nSPS) is 14.2. The quantitative estimate of drug-likeness (QED) is 0.850. The molecule has 0 fully saturated rings. The average Bonchev–Trinajstić information content (AvgIpc) is 2.94. The molecule has 19 heavy (non-hydrogen) atoms. The highest BCUT2D eigenvalue weighted by atomic mass is 32.2. The van der Waals surface area contributed by atoms with Gasteiger partial charge in [0.2, 0.25) is 0 Å². The number of hydrogen-bond donors (Lipinski definition) is 0. The summed E-state index contributed by atoms with van der Waals surface area (Å²) in [5, 5.41) is 8.36. The van der Waals surface area contributed by atoms with Crippen LogP contribution in [0.2, 0.25) is 0 Å². The molecule has 6 heteroatoms. The monoisotopic (exact) mass is 279 g/mol. The zero-order valence-corrected chi connectivity index (χ0v) is 11.9. The highest BCUT2D eigenvalue weighted by molar-refractivity contribution is 8.14. The number of benzene rings is 1. The Morgan fingerprint density at radius 3 is 2.89 bits per heavy atom. The summed E-state index contributed by atoms with van der Waals surface area (Å²) >= 11 is 1.60. The van der Waals surface area contributed by atoms with Crippen LogP contribution in [0.3, 0.4) is 0 Å². The number of hydrogen-bond acceptors (Lipinski definition) is 5. The van der Waals surface area contributed by atoms with Gasteiger partial charge in [0.05, 0.1) is 6.61 Å². The molecule has 2 rings (SSSR count). The van der Waals surface area contributed by atoms with Crippen molar-refractivity contribution in [3.8, 4) is 0 Å². The molecule has 1 aliphatic heterocycles. The largest absolute Gasteiger partial charge is 0.448 e. The fourth-order valence-electron chi connectivity index (χ4n) is 1.53. The van der Waals surface area contributed by atoms with Crippen molar-refractivity contribution < 1.29 is 9.53 Å². The Morgan fingerprint density at radius 1 is 1.47 bits per heavy atom. The van der Waals surface area contributed by atoms with Gasteiger partial charge in [-0.25, -0.2) is 9.80 Å². The second kappa shape index (κ2) is 6.47. The summed E-state index contributed by atoms with van der Waals surface area (Å²) in [6, 6.07) is 9.92. The molecule has 1 aromatic carbocycles. The van der Waals surface area contributed by atoms with Gasteiger partial charge in [0.1, 0.15) is 10.9 Å². The number of ether oxygens (including phenoxy) is 1. The van der Waals surface area contributed by atoms with Gasteiger partial charge in [-0.15, -0.1) is 5.10 Å². The second-order valence-corrected chi connectivity index (χ2v) is 4.99. The molecule has 1 amide bonds. The Balaban J connectivity index is 2.00. The Kier molecular flexibility index (Phi) is 4.68. The number of thioether (sulfide) groups is 1. The Bertz CT molecular complexity index is 464. The molecule has 0 saturated heterocycles. The zero-order valence-electron chi connectivity index (χ0n) is 11.1. The van der Waals surface area contributed by atoms with E-state index in [1.165, 1.54) is 5.01 Å². The number of amides is 1. The predicted molar refractivity (Wildman–Crippen MR) is 76.7 cm³/mol. The lowest BCUT2D eigenvalue weighted by molar-refractivity contribution is 0.0128. The van der Waals surface area contributed by atoms with E-state index in [0.29, 0.717) is 12.5 Å². The van der Waals surface area contributed by atoms with Gasteiger partial charge in [-0.05, 0) is 6.42 Å². The van der Waals surface area contributed by atoms with E-state index in [2.05, 4.69) is 5.10 Å². The maximum atomic E-state index is 11.7. The first-order chi connectivity index (χ1) is 9.22. The van der Waals surface area contributed by atoms with Crippen molar-refractivity contribution >= 4 is 22.9 Å². The maximum absolute atomic E-state index is 11.7. The van der Waals surface area contributed by atoms with E-state index in [9.17, 15) is 4.79 Å². The van der Waals surface area contributed by atoms with E-state index in [1.54, 1.807) is 23.9 Å². The van der Waals surface area contributed by atoms with Crippen molar-refractivity contribution in [1.82, 2.24) is 10.1 Å². The average molecular weight is 279 g/mol. The number of hydrazone groups is 1. The topological polar surface area (TPSA) is 45.1 Å². The third-order valence-corrected chi connectivity index (χ3v) is 3.53. The third kappa shape index (κ3) is 3.41. The molecule has 0 saturated carbocycles. The predicted octanol–water partition coefficient (Wildman–Crippen LogP) is 2.75. The van der Waals surface area contributed by atoms with E-state index in [0.717, 1.165) is 17.0 Å². The molecule has 1 aromatic rings. The van der Waals surface area contributed by atoms with Crippen LogP contribution in [0, 0.1) is 0 Å². The molecule has 1 aliphatic rings. The molecule has 0 aliphatic carbocycles. The van der Waals surface area contributed by atoms with E-state index >= 15 is 0 Å². The summed E-state index contributed by atoms with van der Waals surface area (Å²) in [5.74, 6) is 0.613. The van der Waals surface area contributed by atoms with Gasteiger partial charge in [-0.1, -0.05) is 49.0 Å². The van der Waals surface area contributed by atoms with E-state index < -0.39 is 0 Å². The number of rotatable bonds is 4. The van der Waals surface area contributed by atoms with E-state index in [-0.39, 0.29) is 6.09 Å². The van der Waals surface area contributed by atoms with Gasteiger partial charge in [0.15, 0.2) is 0 Å². The molecule has 1 heterocycles. The molecule has 5 nitrogen and oxygen atoms in total. The first-order valence-electron chi connectivity index (χ1n) is 6.17. The highest BCUT2D eigenvalue weighted by Crippen LogP contribution is 2.23. The van der Waals surface area contributed by atoms with Gasteiger partial charge >= 0.3 is 6.09 Å². The van der Waals surface area contributed by atoms with Gasteiger partial charge in [-0.3, -0.25) is 0 Å². The molecule has 102 valence electrons. The molecule has 0 bridgehead atoms. The van der Waals surface area contributed by atoms with Crippen molar-refractivity contribution in [2.45, 2.75) is 13.3 Å². The third-order valence-electron chi connectivity index (χ3n) is 2.58. The van der Waals surface area contributed by atoms with Crippen LogP contribution in [0.25, 0.3) is 0 Å². The Labute approximate surface area is 117 Å². The van der Waals surface area contributed by atoms with Crippen LogP contribution >= 0.6 is 11.8 Å². The lowest BCUT2D eigenvalue weighted by Crippen LogP contribution is -2.39. The van der Waals surface area contributed by atoms with Crippen LogP contribution in [0.5, 0.6) is 0 Å². The summed E-state index contributed by atoms with van der Waals surface area (Å²) in [6.45, 7) is 2.39. The molecule has 0 radical (unpaired) electrons. The molecule has 0 unspecified atom stereocenters. The van der Waals surface area contributed by atoms with Gasteiger partial charge in [-0.2, -0.15) is 5.12 Å². The lowest BCUT2D eigenvalue weighted by atomic mass is 10.2. The minimum atomic E-state index is -0.375. The summed E-state index contributed by atoms with van der Waals surface area (Å²) in [7, 11) is 1.66. The van der Waals surface area contributed by atoms with Crippen molar-refractivity contribution in [3.63, 3.8) is 0 Å². The molecular weight excluding hydrogens is 262 g/mol. The first-order valence-corrected chi connectivity index (χ1v) is 7.15. The van der Waals surface area contributed by atoms with Crippen molar-refractivity contribution in [2.75, 3.05) is 19.5 Å². The van der Waals surface area contributed by atoms with Crippen LogP contribution < -0.4 is 0 Å². The second-order valence-electron chi connectivity index (χ2n) is 4.05. The number of hydrazine groups is 1. The van der Waals surface area contributed by atoms with Crippen molar-refractivity contribution in [3.05, 3.63) is 35.9 Å².